The number of ether oxygens (including phenoxy) is 3. The molecule has 0 unspecified atom stereocenters. The molecule has 0 N–H and O–H groups in total. The molecule has 1 aliphatic carbocycles. The van der Waals surface area contributed by atoms with Gasteiger partial charge in [0.2, 0.25) is 0 Å². The van der Waals surface area contributed by atoms with Crippen molar-refractivity contribution in [2.75, 3.05) is 0 Å². The largest absolute Gasteiger partial charge is 0.489 e. The predicted molar refractivity (Wildman–Crippen MR) is 103 cm³/mol. The molecule has 0 bridgehead atoms. The van der Waals surface area contributed by atoms with Gasteiger partial charge in [-0.05, 0) is 42.2 Å². The second kappa shape index (κ2) is 7.89. The van der Waals surface area contributed by atoms with Gasteiger partial charge in [0, 0.05) is 12.8 Å². The first kappa shape index (κ1) is 18.3. The highest BCUT2D eigenvalue weighted by Gasteiger charge is 2.46. The summed E-state index contributed by atoms with van der Waals surface area (Å²) in [4.78, 5) is 24.8. The second-order valence-electron chi connectivity index (χ2n) is 7.15. The molecular weight excluding hydrogens is 356 g/mol. The quantitative estimate of drug-likeness (QED) is 0.448. The molecule has 1 heterocycles. The van der Waals surface area contributed by atoms with E-state index >= 15 is 0 Å². The lowest BCUT2D eigenvalue weighted by atomic mass is 9.93. The summed E-state index contributed by atoms with van der Waals surface area (Å²) in [6.45, 7) is 0.474. The van der Waals surface area contributed by atoms with Crippen molar-refractivity contribution in [2.24, 2.45) is 0 Å². The summed E-state index contributed by atoms with van der Waals surface area (Å²) in [5.74, 6) is -1.56. The van der Waals surface area contributed by atoms with E-state index in [0.717, 1.165) is 24.8 Å². The first-order valence-electron chi connectivity index (χ1n) is 9.59. The smallest absolute Gasteiger partial charge is 0.348 e. The van der Waals surface area contributed by atoms with Gasteiger partial charge in [-0.1, -0.05) is 48.9 Å². The van der Waals surface area contributed by atoms with Crippen LogP contribution in [0.4, 0.5) is 0 Å². The van der Waals surface area contributed by atoms with E-state index in [2.05, 4.69) is 0 Å². The van der Waals surface area contributed by atoms with Gasteiger partial charge < -0.3 is 14.2 Å². The van der Waals surface area contributed by atoms with Crippen molar-refractivity contribution in [2.45, 2.75) is 44.5 Å². The minimum absolute atomic E-state index is 0.0749. The molecule has 0 atom stereocenters. The normalized spacial score (nSPS) is 18.4. The number of hydrogen-bond donors (Lipinski definition) is 0. The van der Waals surface area contributed by atoms with Crippen LogP contribution in [0.2, 0.25) is 0 Å². The Hall–Kier alpha value is -3.08. The molecule has 2 aliphatic rings. The number of carbonyl (C=O) groups excluding carboxylic acids is 2. The van der Waals surface area contributed by atoms with Gasteiger partial charge in [0.1, 0.15) is 17.9 Å². The molecule has 28 heavy (non-hydrogen) atoms. The number of esters is 2. The van der Waals surface area contributed by atoms with Gasteiger partial charge in [0.05, 0.1) is 0 Å². The molecule has 0 aromatic heterocycles. The molecule has 1 spiro atoms. The van der Waals surface area contributed by atoms with Crippen molar-refractivity contribution in [1.29, 1.82) is 0 Å². The third-order valence-electron chi connectivity index (χ3n) is 5.05. The van der Waals surface area contributed by atoms with Gasteiger partial charge in [-0.25, -0.2) is 9.59 Å². The fourth-order valence-electron chi connectivity index (χ4n) is 3.53. The van der Waals surface area contributed by atoms with E-state index in [1.807, 2.05) is 30.3 Å². The van der Waals surface area contributed by atoms with E-state index < -0.39 is 17.7 Å². The lowest BCUT2D eigenvalue weighted by Crippen LogP contribution is -2.47. The monoisotopic (exact) mass is 378 g/mol. The maximum atomic E-state index is 12.4. The van der Waals surface area contributed by atoms with Gasteiger partial charge in [-0.3, -0.25) is 0 Å². The lowest BCUT2D eigenvalue weighted by molar-refractivity contribution is -0.244. The van der Waals surface area contributed by atoms with Crippen molar-refractivity contribution < 1.29 is 23.8 Å². The minimum atomic E-state index is -1.06. The van der Waals surface area contributed by atoms with Crippen LogP contribution in [0.25, 0.3) is 6.08 Å². The van der Waals surface area contributed by atoms with Crippen molar-refractivity contribution >= 4 is 18.0 Å². The Kier molecular flexibility index (Phi) is 5.15. The van der Waals surface area contributed by atoms with E-state index in [0.29, 0.717) is 30.8 Å². The predicted octanol–water partition coefficient (Wildman–Crippen LogP) is 4.41. The summed E-state index contributed by atoms with van der Waals surface area (Å²) < 4.78 is 16.8. The van der Waals surface area contributed by atoms with Crippen LogP contribution in [0.3, 0.4) is 0 Å². The van der Waals surface area contributed by atoms with Crippen LogP contribution in [0.5, 0.6) is 5.75 Å². The molecule has 5 nitrogen and oxygen atoms in total. The summed E-state index contributed by atoms with van der Waals surface area (Å²) in [6.07, 6.45) is 5.50. The molecule has 2 aromatic rings. The van der Waals surface area contributed by atoms with Crippen LogP contribution in [0.1, 0.15) is 43.2 Å². The fraction of sp³-hybridized carbons (Fsp3) is 0.304. The number of benzene rings is 2. The molecule has 144 valence electrons. The fourth-order valence-corrected chi connectivity index (χ4v) is 3.53. The Balaban J connectivity index is 1.42. The average molecular weight is 378 g/mol. The van der Waals surface area contributed by atoms with Crippen molar-refractivity contribution in [3.8, 4) is 5.75 Å². The number of hydrogen-bond acceptors (Lipinski definition) is 5. The minimum Gasteiger partial charge on any atom is -0.489 e. The molecule has 0 amide bonds. The maximum Gasteiger partial charge on any atom is 0.348 e. The van der Waals surface area contributed by atoms with Crippen LogP contribution >= 0.6 is 0 Å². The van der Waals surface area contributed by atoms with Crippen molar-refractivity contribution in [3.05, 3.63) is 71.3 Å². The summed E-state index contributed by atoms with van der Waals surface area (Å²) in [5.41, 5.74) is 1.71. The highest BCUT2D eigenvalue weighted by Crippen LogP contribution is 2.37. The molecule has 2 fully saturated rings. The molecule has 2 aromatic carbocycles. The third kappa shape index (κ3) is 4.09. The van der Waals surface area contributed by atoms with Gasteiger partial charge in [-0.2, -0.15) is 0 Å². The zero-order valence-electron chi connectivity index (χ0n) is 15.6. The summed E-state index contributed by atoms with van der Waals surface area (Å²) >= 11 is 0. The zero-order chi connectivity index (χ0) is 19.4. The molecule has 1 aliphatic heterocycles. The van der Waals surface area contributed by atoms with E-state index in [1.54, 1.807) is 24.3 Å². The first-order valence-corrected chi connectivity index (χ1v) is 9.59. The highest BCUT2D eigenvalue weighted by molar-refractivity contribution is 6.18. The summed E-state index contributed by atoms with van der Waals surface area (Å²) in [6, 6.07) is 17.1. The molecule has 1 saturated heterocycles. The highest BCUT2D eigenvalue weighted by atomic mass is 16.7. The molecule has 0 radical (unpaired) electrons. The van der Waals surface area contributed by atoms with E-state index in [9.17, 15) is 9.59 Å². The SMILES string of the molecule is O=C1OC2(CCCCC2)OC(=O)C1=Cc1ccc(OCc2ccccc2)cc1. The van der Waals surface area contributed by atoms with Crippen molar-refractivity contribution in [3.63, 3.8) is 0 Å². The van der Waals surface area contributed by atoms with Crippen LogP contribution in [0, 0.1) is 0 Å². The summed E-state index contributed by atoms with van der Waals surface area (Å²) in [7, 11) is 0. The van der Waals surface area contributed by atoms with Crippen LogP contribution in [0.15, 0.2) is 60.2 Å². The average Bonchev–Trinajstić information content (AvgIpc) is 2.71. The van der Waals surface area contributed by atoms with Gasteiger partial charge >= 0.3 is 11.9 Å². The molecular formula is C23H22O5. The number of rotatable bonds is 4. The zero-order valence-corrected chi connectivity index (χ0v) is 15.6. The maximum absolute atomic E-state index is 12.4. The Morgan fingerprint density at radius 3 is 2.14 bits per heavy atom. The molecule has 4 rings (SSSR count). The molecule has 1 saturated carbocycles. The Bertz CT molecular complexity index is 855. The molecule has 5 heteroatoms. The van der Waals surface area contributed by atoms with Crippen LogP contribution in [-0.4, -0.2) is 17.7 Å². The van der Waals surface area contributed by atoms with Crippen molar-refractivity contribution in [1.82, 2.24) is 0 Å². The Morgan fingerprint density at radius 1 is 0.857 bits per heavy atom. The van der Waals surface area contributed by atoms with E-state index in [1.165, 1.54) is 6.08 Å². The topological polar surface area (TPSA) is 61.8 Å². The Labute approximate surface area is 163 Å². The second-order valence-corrected chi connectivity index (χ2v) is 7.15. The van der Waals surface area contributed by atoms with Gasteiger partial charge in [-0.15, -0.1) is 0 Å². The van der Waals surface area contributed by atoms with E-state index in [4.69, 9.17) is 14.2 Å². The first-order chi connectivity index (χ1) is 13.6. The van der Waals surface area contributed by atoms with E-state index in [-0.39, 0.29) is 5.57 Å². The van der Waals surface area contributed by atoms with Crippen LogP contribution in [-0.2, 0) is 25.7 Å². The number of carbonyl (C=O) groups is 2. The summed E-state index contributed by atoms with van der Waals surface area (Å²) in [5, 5.41) is 0. The van der Waals surface area contributed by atoms with Gasteiger partial charge in [0.15, 0.2) is 0 Å². The van der Waals surface area contributed by atoms with Gasteiger partial charge in [0.25, 0.3) is 5.79 Å². The third-order valence-corrected chi connectivity index (χ3v) is 5.05. The lowest BCUT2D eigenvalue weighted by Gasteiger charge is -2.38. The standard InChI is InChI=1S/C23H22O5/c24-21-20(22(25)28-23(27-21)13-5-2-6-14-23)15-17-9-11-19(12-10-17)26-16-18-7-3-1-4-8-18/h1,3-4,7-12,15H,2,5-6,13-14,16H2. The van der Waals surface area contributed by atoms with Crippen LogP contribution < -0.4 is 4.74 Å². The Morgan fingerprint density at radius 2 is 1.50 bits per heavy atom.